The number of nitrogens with zero attached hydrogens (tertiary/aromatic N) is 2. The summed E-state index contributed by atoms with van der Waals surface area (Å²) in [4.78, 5) is 44.4. The predicted octanol–water partition coefficient (Wildman–Crippen LogP) is 18.5. The van der Waals surface area contributed by atoms with Gasteiger partial charge in [0.1, 0.15) is 0 Å². The fraction of sp³-hybridized carbons (Fsp3) is 0.951. The molecule has 1 amide bonds. The molecule has 4 unspecified atom stereocenters. The molecule has 0 heterocycles. The number of esters is 1. The van der Waals surface area contributed by atoms with E-state index in [1.54, 1.807) is 0 Å². The highest BCUT2D eigenvalue weighted by Crippen LogP contribution is 2.31. The van der Waals surface area contributed by atoms with Crippen LogP contribution >= 0.6 is 0 Å². The molecule has 0 aromatic rings. The highest BCUT2D eigenvalue weighted by atomic mass is 16.5. The van der Waals surface area contributed by atoms with Gasteiger partial charge in [-0.2, -0.15) is 0 Å². The molecule has 0 radical (unpaired) electrons. The van der Waals surface area contributed by atoms with Crippen LogP contribution in [-0.2, 0) is 19.1 Å². The van der Waals surface area contributed by atoms with Crippen molar-refractivity contribution in [3.8, 4) is 0 Å². The maximum atomic E-state index is 14.5. The number of ether oxygens (including phenoxy) is 1. The van der Waals surface area contributed by atoms with E-state index in [1.807, 2.05) is 0 Å². The molecule has 0 aliphatic heterocycles. The van der Waals surface area contributed by atoms with E-state index < -0.39 is 5.97 Å². The highest BCUT2D eigenvalue weighted by Gasteiger charge is 2.27. The number of carboxylic acid groups (broad SMARTS) is 1. The van der Waals surface area contributed by atoms with Gasteiger partial charge in [-0.25, -0.2) is 0 Å². The summed E-state index contributed by atoms with van der Waals surface area (Å²) < 4.78 is 6.48. The van der Waals surface area contributed by atoms with Crippen molar-refractivity contribution in [2.24, 2.45) is 17.8 Å². The topological polar surface area (TPSA) is 87.2 Å². The Bertz CT molecular complexity index is 1100. The number of carbonyl (C=O) groups excluding carboxylic acids is 2. The Kier molecular flexibility index (Phi) is 49.1. The lowest BCUT2D eigenvalue weighted by molar-refractivity contribution is -0.151. The summed E-state index contributed by atoms with van der Waals surface area (Å²) in [6, 6.07) is 0.163. The highest BCUT2D eigenvalue weighted by molar-refractivity contribution is 5.76. The molecular weight excluding hydrogens is 841 g/mol. The molecule has 0 saturated carbocycles. The van der Waals surface area contributed by atoms with Gasteiger partial charge in [-0.3, -0.25) is 14.4 Å². The Balaban J connectivity index is 6.30. The number of unbranched alkanes of at least 4 members (excludes halogenated alkanes) is 26. The normalized spacial score (nSPS) is 13.5. The molecule has 0 fully saturated rings. The quantitative estimate of drug-likeness (QED) is 0.0483. The van der Waals surface area contributed by atoms with Gasteiger partial charge in [-0.1, -0.05) is 247 Å². The minimum Gasteiger partial charge on any atom is -0.481 e. The van der Waals surface area contributed by atoms with Crippen molar-refractivity contribution in [1.29, 1.82) is 0 Å². The molecule has 404 valence electrons. The number of hydrogen-bond donors (Lipinski definition) is 1. The molecule has 0 aliphatic carbocycles. The summed E-state index contributed by atoms with van der Waals surface area (Å²) in [7, 11) is 4.16. The van der Waals surface area contributed by atoms with E-state index in [4.69, 9.17) is 4.74 Å². The number of hydrogen-bond acceptors (Lipinski definition) is 5. The van der Waals surface area contributed by atoms with Crippen molar-refractivity contribution < 1.29 is 24.2 Å². The first kappa shape index (κ1) is 66.4. The Morgan fingerprint density at radius 2 is 0.794 bits per heavy atom. The summed E-state index contributed by atoms with van der Waals surface area (Å²) in [5.41, 5.74) is 0. The molecular formula is C61H120N2O5. The number of aliphatic carboxylic acids is 1. The fourth-order valence-corrected chi connectivity index (χ4v) is 10.6. The van der Waals surface area contributed by atoms with Gasteiger partial charge in [-0.15, -0.1) is 0 Å². The van der Waals surface area contributed by atoms with Gasteiger partial charge >= 0.3 is 11.9 Å². The molecule has 4 atom stereocenters. The maximum Gasteiger partial charge on any atom is 0.308 e. The molecule has 0 bridgehead atoms. The molecule has 0 saturated heterocycles. The van der Waals surface area contributed by atoms with Crippen molar-refractivity contribution in [2.45, 2.75) is 323 Å². The second-order valence-electron chi connectivity index (χ2n) is 22.0. The average molecular weight is 962 g/mol. The molecule has 7 nitrogen and oxygen atoms in total. The maximum absolute atomic E-state index is 14.5. The summed E-state index contributed by atoms with van der Waals surface area (Å²) in [6.45, 7) is 13.7. The standard InChI is InChI=1S/C61H120N2O5/c1-8-13-18-23-26-27-30-40-52-63(59(64)49-41-51-62(6)7)58(47-36-31-37-50-60(65)66)48-39-38-46-57(53-55(42-32-21-16-11-4)43-34-28-24-19-14-9-2)61(67)68-54-56(44-33-22-17-12-5)45-35-29-25-20-15-10-3/h55-58H,8-54H2,1-7H3,(H,65,66). The summed E-state index contributed by atoms with van der Waals surface area (Å²) >= 11 is 0. The van der Waals surface area contributed by atoms with E-state index >= 15 is 0 Å². The summed E-state index contributed by atoms with van der Waals surface area (Å²) in [6.07, 6.45) is 50.5. The van der Waals surface area contributed by atoms with Gasteiger partial charge < -0.3 is 19.6 Å². The number of rotatable bonds is 54. The lowest BCUT2D eigenvalue weighted by Crippen LogP contribution is -2.41. The van der Waals surface area contributed by atoms with Gasteiger partial charge in [0.2, 0.25) is 5.91 Å². The Hall–Kier alpha value is -1.63. The zero-order valence-corrected chi connectivity index (χ0v) is 47.0. The van der Waals surface area contributed by atoms with Gasteiger partial charge in [0.15, 0.2) is 0 Å². The van der Waals surface area contributed by atoms with Crippen molar-refractivity contribution in [3.05, 3.63) is 0 Å². The molecule has 7 heteroatoms. The van der Waals surface area contributed by atoms with Gasteiger partial charge in [0.25, 0.3) is 0 Å². The lowest BCUT2D eigenvalue weighted by atomic mass is 9.84. The van der Waals surface area contributed by atoms with Gasteiger partial charge in [-0.05, 0) is 90.3 Å². The van der Waals surface area contributed by atoms with Crippen LogP contribution in [-0.4, -0.2) is 72.6 Å². The van der Waals surface area contributed by atoms with Crippen molar-refractivity contribution in [3.63, 3.8) is 0 Å². The molecule has 0 aliphatic rings. The second kappa shape index (κ2) is 50.3. The van der Waals surface area contributed by atoms with E-state index in [1.165, 1.54) is 199 Å². The lowest BCUT2D eigenvalue weighted by Gasteiger charge is -2.33. The predicted molar refractivity (Wildman–Crippen MR) is 295 cm³/mol. The molecule has 0 aromatic carbocycles. The second-order valence-corrected chi connectivity index (χ2v) is 22.0. The van der Waals surface area contributed by atoms with Crippen molar-refractivity contribution in [1.82, 2.24) is 9.80 Å². The third-order valence-corrected chi connectivity index (χ3v) is 15.1. The van der Waals surface area contributed by atoms with Crippen LogP contribution in [0.5, 0.6) is 0 Å². The van der Waals surface area contributed by atoms with Crippen LogP contribution in [0.4, 0.5) is 0 Å². The Morgan fingerprint density at radius 1 is 0.412 bits per heavy atom. The summed E-state index contributed by atoms with van der Waals surface area (Å²) in [5.74, 6) is 0.611. The van der Waals surface area contributed by atoms with E-state index in [0.717, 1.165) is 77.3 Å². The van der Waals surface area contributed by atoms with E-state index in [9.17, 15) is 19.5 Å². The minimum atomic E-state index is -0.725. The molecule has 0 aromatic heterocycles. The third-order valence-electron chi connectivity index (χ3n) is 15.1. The first-order valence-corrected chi connectivity index (χ1v) is 30.5. The van der Waals surface area contributed by atoms with Crippen LogP contribution in [0.1, 0.15) is 317 Å². The largest absolute Gasteiger partial charge is 0.481 e. The Labute approximate surface area is 425 Å². The van der Waals surface area contributed by atoms with Gasteiger partial charge in [0.05, 0.1) is 12.5 Å². The van der Waals surface area contributed by atoms with E-state index in [0.29, 0.717) is 31.3 Å². The fourth-order valence-electron chi connectivity index (χ4n) is 10.6. The van der Waals surface area contributed by atoms with E-state index in [2.05, 4.69) is 58.5 Å². The van der Waals surface area contributed by atoms with Crippen LogP contribution in [0.15, 0.2) is 0 Å². The number of carbonyl (C=O) groups is 3. The van der Waals surface area contributed by atoms with Crippen LogP contribution in [0.2, 0.25) is 0 Å². The van der Waals surface area contributed by atoms with Crippen LogP contribution in [0.3, 0.4) is 0 Å². The van der Waals surface area contributed by atoms with Gasteiger partial charge in [0, 0.05) is 25.4 Å². The minimum absolute atomic E-state index is 0.0587. The smallest absolute Gasteiger partial charge is 0.308 e. The van der Waals surface area contributed by atoms with Crippen molar-refractivity contribution >= 4 is 17.8 Å². The zero-order valence-electron chi connectivity index (χ0n) is 47.0. The molecule has 1 N–H and O–H groups in total. The van der Waals surface area contributed by atoms with Crippen LogP contribution in [0.25, 0.3) is 0 Å². The monoisotopic (exact) mass is 961 g/mol. The summed E-state index contributed by atoms with van der Waals surface area (Å²) in [5, 5.41) is 9.32. The molecule has 68 heavy (non-hydrogen) atoms. The first-order chi connectivity index (χ1) is 33.1. The molecule has 0 rings (SSSR count). The van der Waals surface area contributed by atoms with E-state index in [-0.39, 0.29) is 30.3 Å². The molecule has 0 spiro atoms. The van der Waals surface area contributed by atoms with Crippen LogP contribution in [0, 0.1) is 17.8 Å². The first-order valence-electron chi connectivity index (χ1n) is 30.5. The third kappa shape index (κ3) is 42.1. The van der Waals surface area contributed by atoms with Crippen molar-refractivity contribution in [2.75, 3.05) is 33.8 Å². The average Bonchev–Trinajstić information content (AvgIpc) is 3.32. The van der Waals surface area contributed by atoms with Crippen LogP contribution < -0.4 is 0 Å². The Morgan fingerprint density at radius 3 is 1.26 bits per heavy atom. The zero-order chi connectivity index (χ0) is 50.1. The number of carboxylic acids is 1. The number of amides is 1. The SMILES string of the molecule is CCCCCCCCCCN(C(=O)CCCN(C)C)C(CCCCCC(=O)O)CCCCC(CC(CCCCCC)CCCCCCCC)C(=O)OCC(CCCCCC)CCCCCCCC.